The monoisotopic (exact) mass is 283 g/mol. The molecule has 0 radical (unpaired) electrons. The van der Waals surface area contributed by atoms with Crippen molar-refractivity contribution in [2.45, 2.75) is 79.1 Å². The molecule has 0 aliphatic heterocycles. The van der Waals surface area contributed by atoms with Crippen molar-refractivity contribution in [2.24, 2.45) is 11.8 Å². The van der Waals surface area contributed by atoms with Gasteiger partial charge < -0.3 is 5.32 Å². The summed E-state index contributed by atoms with van der Waals surface area (Å²) < 4.78 is 0. The van der Waals surface area contributed by atoms with E-state index in [1.165, 1.54) is 19.3 Å². The number of Topliss-reactive ketones (excluding diaryl/α,β-unsaturated/α-hetero) is 1. The second-order valence-electron chi connectivity index (χ2n) is 6.44. The molecule has 118 valence electrons. The highest BCUT2D eigenvalue weighted by atomic mass is 16.1. The number of hydrogen-bond donors (Lipinski definition) is 1. The first-order valence-electron chi connectivity index (χ1n) is 8.23. The van der Waals surface area contributed by atoms with Crippen molar-refractivity contribution < 1.29 is 9.59 Å². The highest BCUT2D eigenvalue weighted by molar-refractivity contribution is 5.80. The number of ketones is 1. The molecule has 0 saturated carbocycles. The maximum atomic E-state index is 11.4. The van der Waals surface area contributed by atoms with E-state index in [1.54, 1.807) is 0 Å². The lowest BCUT2D eigenvalue weighted by Gasteiger charge is -2.07. The average molecular weight is 283 g/mol. The van der Waals surface area contributed by atoms with E-state index in [0.29, 0.717) is 18.1 Å². The molecule has 0 rings (SSSR count). The van der Waals surface area contributed by atoms with Crippen molar-refractivity contribution >= 4 is 11.7 Å². The van der Waals surface area contributed by atoms with Crippen molar-refractivity contribution in [2.75, 3.05) is 6.54 Å². The Bertz CT molecular complexity index is 272. The van der Waals surface area contributed by atoms with E-state index in [9.17, 15) is 9.59 Å². The van der Waals surface area contributed by atoms with Crippen LogP contribution in [0.2, 0.25) is 0 Å². The first kappa shape index (κ1) is 19.1. The molecule has 0 heterocycles. The SMILES string of the molecule is CC(C)CC(=O)NCCCCCCCCC(=O)C(C)C. The first-order chi connectivity index (χ1) is 9.43. The van der Waals surface area contributed by atoms with Gasteiger partial charge in [-0.25, -0.2) is 0 Å². The maximum Gasteiger partial charge on any atom is 0.220 e. The molecule has 0 aromatic heterocycles. The van der Waals surface area contributed by atoms with Crippen LogP contribution in [0.15, 0.2) is 0 Å². The van der Waals surface area contributed by atoms with Gasteiger partial charge >= 0.3 is 0 Å². The van der Waals surface area contributed by atoms with Crippen LogP contribution >= 0.6 is 0 Å². The van der Waals surface area contributed by atoms with Gasteiger partial charge in [0.2, 0.25) is 5.91 Å². The zero-order valence-corrected chi connectivity index (χ0v) is 13.8. The summed E-state index contributed by atoms with van der Waals surface area (Å²) in [6, 6.07) is 0. The van der Waals surface area contributed by atoms with Gasteiger partial charge in [-0.3, -0.25) is 9.59 Å². The minimum atomic E-state index is 0.173. The van der Waals surface area contributed by atoms with E-state index in [0.717, 1.165) is 32.2 Å². The standard InChI is InChI=1S/C17H33NO2/c1-14(2)13-17(20)18-12-10-8-6-5-7-9-11-16(19)15(3)4/h14-15H,5-13H2,1-4H3,(H,18,20). The Labute approximate surface area is 124 Å². The number of nitrogens with one attached hydrogen (secondary N) is 1. The van der Waals surface area contributed by atoms with Crippen LogP contribution in [0.25, 0.3) is 0 Å². The van der Waals surface area contributed by atoms with E-state index in [4.69, 9.17) is 0 Å². The van der Waals surface area contributed by atoms with Crippen LogP contribution in [0.1, 0.15) is 79.1 Å². The van der Waals surface area contributed by atoms with Crippen LogP contribution in [0.4, 0.5) is 0 Å². The normalized spacial score (nSPS) is 11.1. The summed E-state index contributed by atoms with van der Waals surface area (Å²) in [6.07, 6.45) is 8.18. The van der Waals surface area contributed by atoms with Crippen LogP contribution in [0.3, 0.4) is 0 Å². The van der Waals surface area contributed by atoms with Crippen molar-refractivity contribution in [3.63, 3.8) is 0 Å². The minimum Gasteiger partial charge on any atom is -0.356 e. The molecule has 0 bridgehead atoms. The van der Waals surface area contributed by atoms with Gasteiger partial charge in [0, 0.05) is 25.3 Å². The summed E-state index contributed by atoms with van der Waals surface area (Å²) >= 11 is 0. The molecule has 0 saturated heterocycles. The summed E-state index contributed by atoms with van der Waals surface area (Å²) in [6.45, 7) is 8.86. The third-order valence-corrected chi connectivity index (χ3v) is 3.41. The molecule has 0 unspecified atom stereocenters. The Hall–Kier alpha value is -0.860. The lowest BCUT2D eigenvalue weighted by molar-refractivity contribution is -0.122. The molecule has 0 aliphatic carbocycles. The molecular weight excluding hydrogens is 250 g/mol. The van der Waals surface area contributed by atoms with E-state index >= 15 is 0 Å². The van der Waals surface area contributed by atoms with Gasteiger partial charge in [-0.1, -0.05) is 53.4 Å². The molecule has 3 nitrogen and oxygen atoms in total. The highest BCUT2D eigenvalue weighted by Crippen LogP contribution is 2.09. The number of amides is 1. The second kappa shape index (κ2) is 11.9. The third kappa shape index (κ3) is 12.2. The van der Waals surface area contributed by atoms with Gasteiger partial charge in [0.1, 0.15) is 5.78 Å². The Morgan fingerprint density at radius 1 is 0.850 bits per heavy atom. The van der Waals surface area contributed by atoms with Gasteiger partial charge in [-0.2, -0.15) is 0 Å². The Balaban J connectivity index is 3.25. The van der Waals surface area contributed by atoms with Crippen LogP contribution < -0.4 is 5.32 Å². The number of hydrogen-bond acceptors (Lipinski definition) is 2. The van der Waals surface area contributed by atoms with Crippen LogP contribution in [-0.4, -0.2) is 18.2 Å². The Morgan fingerprint density at radius 3 is 1.95 bits per heavy atom. The molecule has 0 fully saturated rings. The molecule has 3 heteroatoms. The van der Waals surface area contributed by atoms with Gasteiger partial charge in [0.15, 0.2) is 0 Å². The predicted octanol–water partition coefficient (Wildman–Crippen LogP) is 4.10. The summed E-state index contributed by atoms with van der Waals surface area (Å²) in [4.78, 5) is 22.8. The van der Waals surface area contributed by atoms with Gasteiger partial charge in [-0.05, 0) is 18.8 Å². The Kier molecular flexibility index (Phi) is 11.4. The molecule has 0 atom stereocenters. The van der Waals surface area contributed by atoms with E-state index in [-0.39, 0.29) is 11.8 Å². The van der Waals surface area contributed by atoms with Gasteiger partial charge in [0.05, 0.1) is 0 Å². The maximum absolute atomic E-state index is 11.4. The zero-order valence-electron chi connectivity index (χ0n) is 13.8. The predicted molar refractivity (Wildman–Crippen MR) is 84.6 cm³/mol. The molecule has 1 N–H and O–H groups in total. The summed E-state index contributed by atoms with van der Waals surface area (Å²) in [7, 11) is 0. The molecule has 1 amide bonds. The van der Waals surface area contributed by atoms with Crippen LogP contribution in [-0.2, 0) is 9.59 Å². The van der Waals surface area contributed by atoms with Crippen molar-refractivity contribution in [3.8, 4) is 0 Å². The smallest absolute Gasteiger partial charge is 0.220 e. The summed E-state index contributed by atoms with van der Waals surface area (Å²) in [5.41, 5.74) is 0. The third-order valence-electron chi connectivity index (χ3n) is 3.41. The topological polar surface area (TPSA) is 46.2 Å². The number of unbranched alkanes of at least 4 members (excludes halogenated alkanes) is 5. The quantitative estimate of drug-likeness (QED) is 0.548. The van der Waals surface area contributed by atoms with E-state index in [2.05, 4.69) is 19.2 Å². The molecule has 0 spiro atoms. The molecule has 0 aromatic carbocycles. The fourth-order valence-electron chi connectivity index (χ4n) is 2.09. The highest BCUT2D eigenvalue weighted by Gasteiger charge is 2.06. The second-order valence-corrected chi connectivity index (χ2v) is 6.44. The fourth-order valence-corrected chi connectivity index (χ4v) is 2.09. The largest absolute Gasteiger partial charge is 0.356 e. The van der Waals surface area contributed by atoms with Crippen molar-refractivity contribution in [1.29, 1.82) is 0 Å². The zero-order chi connectivity index (χ0) is 15.4. The van der Waals surface area contributed by atoms with Crippen molar-refractivity contribution in [3.05, 3.63) is 0 Å². The number of carbonyl (C=O) groups excluding carboxylic acids is 2. The lowest BCUT2D eigenvalue weighted by Crippen LogP contribution is -2.25. The van der Waals surface area contributed by atoms with Crippen LogP contribution in [0.5, 0.6) is 0 Å². The summed E-state index contributed by atoms with van der Waals surface area (Å²) in [5.74, 6) is 1.18. The number of carbonyl (C=O) groups is 2. The number of rotatable bonds is 12. The molecule has 0 aliphatic rings. The van der Waals surface area contributed by atoms with Gasteiger partial charge in [0.25, 0.3) is 0 Å². The van der Waals surface area contributed by atoms with Crippen molar-refractivity contribution in [1.82, 2.24) is 5.32 Å². The van der Waals surface area contributed by atoms with Crippen LogP contribution in [0, 0.1) is 11.8 Å². The molecular formula is C17H33NO2. The summed E-state index contributed by atoms with van der Waals surface area (Å²) in [5, 5.41) is 2.96. The van der Waals surface area contributed by atoms with E-state index in [1.807, 2.05) is 13.8 Å². The first-order valence-corrected chi connectivity index (χ1v) is 8.23. The lowest BCUT2D eigenvalue weighted by atomic mass is 10.0. The Morgan fingerprint density at radius 2 is 1.40 bits per heavy atom. The molecule has 0 aromatic rings. The fraction of sp³-hybridized carbons (Fsp3) is 0.882. The molecule has 20 heavy (non-hydrogen) atoms. The van der Waals surface area contributed by atoms with E-state index < -0.39 is 0 Å². The minimum absolute atomic E-state index is 0.173. The average Bonchev–Trinajstić information content (AvgIpc) is 2.35. The van der Waals surface area contributed by atoms with Gasteiger partial charge in [-0.15, -0.1) is 0 Å².